The van der Waals surface area contributed by atoms with E-state index in [1.165, 1.54) is 0 Å². The van der Waals surface area contributed by atoms with Gasteiger partial charge in [-0.15, -0.1) is 0 Å². The summed E-state index contributed by atoms with van der Waals surface area (Å²) in [5.41, 5.74) is 1.49. The summed E-state index contributed by atoms with van der Waals surface area (Å²) in [4.78, 5) is 12.5. The largest absolute Gasteiger partial charge is 0.479 e. The third kappa shape index (κ3) is 5.82. The van der Waals surface area contributed by atoms with Gasteiger partial charge in [-0.25, -0.2) is 0 Å². The van der Waals surface area contributed by atoms with Gasteiger partial charge in [-0.2, -0.15) is 5.26 Å². The molecule has 2 N–H and O–H groups in total. The van der Waals surface area contributed by atoms with Crippen LogP contribution in [0.2, 0.25) is 0 Å². The van der Waals surface area contributed by atoms with Crippen LogP contribution in [0.15, 0.2) is 54.6 Å². The number of nitrogens with one attached hydrogen (secondary N) is 2. The molecule has 26 heavy (non-hydrogen) atoms. The number of benzene rings is 2. The molecule has 2 rings (SSSR count). The second-order valence-corrected chi connectivity index (χ2v) is 6.33. The minimum absolute atomic E-state index is 0.0100. The number of anilines is 1. The van der Waals surface area contributed by atoms with Crippen LogP contribution in [0.5, 0.6) is 5.75 Å². The summed E-state index contributed by atoms with van der Waals surface area (Å²) >= 11 is 0. The molecule has 5 heteroatoms. The SMILES string of the molecule is CC(C)C(Oc1ccccc1C#N)C(=O)NCCCNc1ccccc1. The lowest BCUT2D eigenvalue weighted by Gasteiger charge is -2.22. The van der Waals surface area contributed by atoms with Crippen LogP contribution in [-0.4, -0.2) is 25.1 Å². The lowest BCUT2D eigenvalue weighted by molar-refractivity contribution is -0.129. The molecular weight excluding hydrogens is 326 g/mol. The molecule has 136 valence electrons. The lowest BCUT2D eigenvalue weighted by atomic mass is 10.1. The van der Waals surface area contributed by atoms with Gasteiger partial charge < -0.3 is 15.4 Å². The van der Waals surface area contributed by atoms with Gasteiger partial charge in [0, 0.05) is 18.8 Å². The fourth-order valence-corrected chi connectivity index (χ4v) is 2.48. The topological polar surface area (TPSA) is 74.1 Å². The normalized spacial score (nSPS) is 11.5. The highest BCUT2D eigenvalue weighted by Gasteiger charge is 2.24. The van der Waals surface area contributed by atoms with E-state index in [4.69, 9.17) is 10.00 Å². The van der Waals surface area contributed by atoms with Crippen LogP contribution in [0, 0.1) is 17.2 Å². The van der Waals surface area contributed by atoms with Crippen molar-refractivity contribution in [3.05, 3.63) is 60.2 Å². The predicted octanol–water partition coefficient (Wildman–Crippen LogP) is 3.58. The molecule has 2 aromatic carbocycles. The number of nitrogens with zero attached hydrogens (tertiary/aromatic N) is 1. The molecule has 5 nitrogen and oxygen atoms in total. The fourth-order valence-electron chi connectivity index (χ4n) is 2.48. The van der Waals surface area contributed by atoms with Crippen molar-refractivity contribution in [2.24, 2.45) is 5.92 Å². The van der Waals surface area contributed by atoms with Gasteiger partial charge in [-0.3, -0.25) is 4.79 Å². The van der Waals surface area contributed by atoms with Crippen LogP contribution in [0.25, 0.3) is 0 Å². The zero-order chi connectivity index (χ0) is 18.8. The van der Waals surface area contributed by atoms with Gasteiger partial charge >= 0.3 is 0 Å². The van der Waals surface area contributed by atoms with E-state index < -0.39 is 6.10 Å². The Morgan fingerprint density at radius 3 is 2.46 bits per heavy atom. The standard InChI is InChI=1S/C21H25N3O2/c1-16(2)20(26-19-12-7-6-9-17(19)15-22)21(25)24-14-8-13-23-18-10-4-3-5-11-18/h3-7,9-12,16,20,23H,8,13-14H2,1-2H3,(H,24,25). The summed E-state index contributed by atoms with van der Waals surface area (Å²) in [6.07, 6.45) is 0.173. The molecule has 0 radical (unpaired) electrons. The van der Waals surface area contributed by atoms with Crippen molar-refractivity contribution in [2.75, 3.05) is 18.4 Å². The fraction of sp³-hybridized carbons (Fsp3) is 0.333. The van der Waals surface area contributed by atoms with Crippen molar-refractivity contribution in [3.8, 4) is 11.8 Å². The maximum atomic E-state index is 12.5. The predicted molar refractivity (Wildman–Crippen MR) is 103 cm³/mol. The van der Waals surface area contributed by atoms with Crippen LogP contribution in [0.1, 0.15) is 25.8 Å². The highest BCUT2D eigenvalue weighted by molar-refractivity contribution is 5.81. The number of ether oxygens (including phenoxy) is 1. The summed E-state index contributed by atoms with van der Waals surface area (Å²) in [5.74, 6) is 0.270. The minimum Gasteiger partial charge on any atom is -0.479 e. The third-order valence-electron chi connectivity index (χ3n) is 3.88. The number of hydrogen-bond donors (Lipinski definition) is 2. The minimum atomic E-state index is -0.633. The molecule has 0 fully saturated rings. The molecule has 1 amide bonds. The van der Waals surface area contributed by atoms with Crippen molar-refractivity contribution in [2.45, 2.75) is 26.4 Å². The van der Waals surface area contributed by atoms with E-state index >= 15 is 0 Å². The zero-order valence-electron chi connectivity index (χ0n) is 15.2. The molecule has 0 aliphatic rings. The first kappa shape index (κ1) is 19.3. The van der Waals surface area contributed by atoms with Crippen LogP contribution in [0.4, 0.5) is 5.69 Å². The molecule has 0 aliphatic carbocycles. The molecule has 0 bridgehead atoms. The second-order valence-electron chi connectivity index (χ2n) is 6.33. The van der Waals surface area contributed by atoms with Crippen molar-refractivity contribution in [3.63, 3.8) is 0 Å². The number of para-hydroxylation sites is 2. The first-order valence-corrected chi connectivity index (χ1v) is 8.84. The molecule has 0 aromatic heterocycles. The third-order valence-corrected chi connectivity index (χ3v) is 3.88. The first-order chi connectivity index (χ1) is 12.6. The Kier molecular flexibility index (Phi) is 7.50. The number of amides is 1. The highest BCUT2D eigenvalue weighted by atomic mass is 16.5. The Labute approximate surface area is 155 Å². The number of nitriles is 1. The van der Waals surface area contributed by atoms with Crippen molar-refractivity contribution in [1.29, 1.82) is 5.26 Å². The maximum Gasteiger partial charge on any atom is 0.261 e. The molecule has 2 aromatic rings. The second kappa shape index (κ2) is 10.1. The quantitative estimate of drug-likeness (QED) is 0.677. The molecule has 1 unspecified atom stereocenters. The summed E-state index contributed by atoms with van der Waals surface area (Å²) < 4.78 is 5.84. The molecular formula is C21H25N3O2. The van der Waals surface area contributed by atoms with Crippen LogP contribution < -0.4 is 15.4 Å². The maximum absolute atomic E-state index is 12.5. The monoisotopic (exact) mass is 351 g/mol. The van der Waals surface area contributed by atoms with Gasteiger partial charge in [-0.1, -0.05) is 44.2 Å². The molecule has 0 spiro atoms. The number of carbonyl (C=O) groups excluding carboxylic acids is 1. The molecule has 0 saturated carbocycles. The van der Waals surface area contributed by atoms with Crippen LogP contribution >= 0.6 is 0 Å². The van der Waals surface area contributed by atoms with Crippen molar-refractivity contribution in [1.82, 2.24) is 5.32 Å². The number of hydrogen-bond acceptors (Lipinski definition) is 4. The molecule has 0 heterocycles. The van der Waals surface area contributed by atoms with Gasteiger partial charge in [0.1, 0.15) is 11.8 Å². The van der Waals surface area contributed by atoms with E-state index in [2.05, 4.69) is 16.7 Å². The summed E-state index contributed by atoms with van der Waals surface area (Å²) in [7, 11) is 0. The Balaban J connectivity index is 1.82. The molecule has 0 aliphatic heterocycles. The Morgan fingerprint density at radius 2 is 1.77 bits per heavy atom. The zero-order valence-corrected chi connectivity index (χ0v) is 15.2. The summed E-state index contributed by atoms with van der Waals surface area (Å²) in [6.45, 7) is 5.19. The number of carbonyl (C=O) groups is 1. The van der Waals surface area contributed by atoms with Crippen LogP contribution in [0.3, 0.4) is 0 Å². The van der Waals surface area contributed by atoms with E-state index in [1.54, 1.807) is 24.3 Å². The first-order valence-electron chi connectivity index (χ1n) is 8.84. The van der Waals surface area contributed by atoms with E-state index in [0.29, 0.717) is 17.9 Å². The Morgan fingerprint density at radius 1 is 1.08 bits per heavy atom. The van der Waals surface area contributed by atoms with E-state index in [-0.39, 0.29) is 11.8 Å². The average Bonchev–Trinajstić information content (AvgIpc) is 2.66. The van der Waals surface area contributed by atoms with Gasteiger partial charge in [0.25, 0.3) is 5.91 Å². The molecule has 0 saturated heterocycles. The van der Waals surface area contributed by atoms with Gasteiger partial charge in [-0.05, 0) is 36.6 Å². The average molecular weight is 351 g/mol. The van der Waals surface area contributed by atoms with E-state index in [1.807, 2.05) is 44.2 Å². The smallest absolute Gasteiger partial charge is 0.261 e. The highest BCUT2D eigenvalue weighted by Crippen LogP contribution is 2.20. The lowest BCUT2D eigenvalue weighted by Crippen LogP contribution is -2.42. The van der Waals surface area contributed by atoms with Gasteiger partial charge in [0.15, 0.2) is 6.10 Å². The van der Waals surface area contributed by atoms with Crippen molar-refractivity contribution >= 4 is 11.6 Å². The van der Waals surface area contributed by atoms with Crippen LogP contribution in [-0.2, 0) is 4.79 Å². The van der Waals surface area contributed by atoms with Gasteiger partial charge in [0.2, 0.25) is 0 Å². The van der Waals surface area contributed by atoms with Gasteiger partial charge in [0.05, 0.1) is 5.56 Å². The summed E-state index contributed by atoms with van der Waals surface area (Å²) in [6, 6.07) is 19.0. The molecule has 1 atom stereocenters. The van der Waals surface area contributed by atoms with Crippen molar-refractivity contribution < 1.29 is 9.53 Å². The Hall–Kier alpha value is -3.00. The Bertz CT molecular complexity index is 738. The summed E-state index contributed by atoms with van der Waals surface area (Å²) in [5, 5.41) is 15.4. The van der Waals surface area contributed by atoms with E-state index in [0.717, 1.165) is 18.7 Å². The van der Waals surface area contributed by atoms with E-state index in [9.17, 15) is 4.79 Å². The number of rotatable bonds is 9.